The van der Waals surface area contributed by atoms with E-state index in [1.54, 1.807) is 12.1 Å². The molecule has 0 radical (unpaired) electrons. The summed E-state index contributed by atoms with van der Waals surface area (Å²) in [6.07, 6.45) is 5.23. The summed E-state index contributed by atoms with van der Waals surface area (Å²) in [4.78, 5) is 11.2. The highest BCUT2D eigenvalue weighted by Crippen LogP contribution is 2.20. The highest BCUT2D eigenvalue weighted by molar-refractivity contribution is 5.83. The van der Waals surface area contributed by atoms with Gasteiger partial charge in [0.1, 0.15) is 5.75 Å². The molecule has 0 fully saturated rings. The number of hydrogen-bond donors (Lipinski definition) is 0. The van der Waals surface area contributed by atoms with E-state index in [0.717, 1.165) is 17.2 Å². The first-order chi connectivity index (χ1) is 12.2. The Hall–Kier alpha value is -3.39. The van der Waals surface area contributed by atoms with Crippen LogP contribution in [-0.4, -0.2) is 5.97 Å². The first-order valence-electron chi connectivity index (χ1n) is 8.02. The Kier molecular flexibility index (Phi) is 5.22. The zero-order valence-electron chi connectivity index (χ0n) is 13.8. The average molecular weight is 326 g/mol. The van der Waals surface area contributed by atoms with Gasteiger partial charge in [-0.2, -0.15) is 0 Å². The van der Waals surface area contributed by atoms with Gasteiger partial charge in [0.15, 0.2) is 0 Å². The van der Waals surface area contributed by atoms with Crippen molar-refractivity contribution in [2.45, 2.75) is 0 Å². The predicted octanol–water partition coefficient (Wildman–Crippen LogP) is 5.62. The number of hydrogen-bond acceptors (Lipinski definition) is 2. The van der Waals surface area contributed by atoms with E-state index in [-0.39, 0.29) is 0 Å². The molecule has 3 aromatic carbocycles. The predicted molar refractivity (Wildman–Crippen MR) is 103 cm³/mol. The molecular weight excluding hydrogens is 308 g/mol. The fraction of sp³-hybridized carbons (Fsp3) is 0. The van der Waals surface area contributed by atoms with Crippen LogP contribution >= 0.6 is 0 Å². The van der Waals surface area contributed by atoms with Gasteiger partial charge in [-0.3, -0.25) is 0 Å². The summed E-state index contributed by atoms with van der Waals surface area (Å²) in [5, 5.41) is 0. The summed E-state index contributed by atoms with van der Waals surface area (Å²) in [6, 6.07) is 26.1. The van der Waals surface area contributed by atoms with Gasteiger partial charge in [0.05, 0.1) is 0 Å². The molecule has 0 saturated heterocycles. The van der Waals surface area contributed by atoms with Crippen LogP contribution in [-0.2, 0) is 4.79 Å². The van der Waals surface area contributed by atoms with Gasteiger partial charge in [-0.1, -0.05) is 85.5 Å². The summed E-state index contributed by atoms with van der Waals surface area (Å²) in [5.74, 6) is 0.0519. The van der Waals surface area contributed by atoms with E-state index < -0.39 is 5.97 Å². The Morgan fingerprint density at radius 1 is 0.720 bits per heavy atom. The molecule has 0 unspecified atom stereocenters. The van der Waals surface area contributed by atoms with Crippen LogP contribution in [0.4, 0.5) is 0 Å². The number of benzene rings is 3. The van der Waals surface area contributed by atoms with Crippen LogP contribution in [0, 0.1) is 0 Å². The van der Waals surface area contributed by atoms with Crippen LogP contribution in [0.5, 0.6) is 5.75 Å². The van der Waals surface area contributed by atoms with E-state index in [1.807, 2.05) is 36.4 Å². The van der Waals surface area contributed by atoms with Crippen LogP contribution in [0.15, 0.2) is 91.5 Å². The minimum atomic E-state index is -0.457. The molecule has 122 valence electrons. The first-order valence-corrected chi connectivity index (χ1v) is 8.02. The van der Waals surface area contributed by atoms with Gasteiger partial charge in [0, 0.05) is 6.08 Å². The van der Waals surface area contributed by atoms with Crippen molar-refractivity contribution in [3.63, 3.8) is 0 Å². The lowest BCUT2D eigenvalue weighted by atomic mass is 10.0. The number of esters is 1. The SMILES string of the molecule is C=CC(=O)Oc1ccc(/C=C/c2ccc(-c3ccccc3)cc2)cc1. The Balaban J connectivity index is 1.67. The second-order valence-corrected chi connectivity index (χ2v) is 5.52. The molecule has 0 amide bonds. The van der Waals surface area contributed by atoms with Crippen molar-refractivity contribution in [2.75, 3.05) is 0 Å². The number of rotatable bonds is 5. The van der Waals surface area contributed by atoms with E-state index in [9.17, 15) is 4.79 Å². The normalized spacial score (nSPS) is 10.6. The van der Waals surface area contributed by atoms with Crippen molar-refractivity contribution >= 4 is 18.1 Å². The monoisotopic (exact) mass is 326 g/mol. The number of carbonyl (C=O) groups is 1. The van der Waals surface area contributed by atoms with E-state index in [1.165, 1.54) is 11.1 Å². The van der Waals surface area contributed by atoms with E-state index in [0.29, 0.717) is 5.75 Å². The topological polar surface area (TPSA) is 26.3 Å². The molecule has 0 atom stereocenters. The molecule has 2 heteroatoms. The van der Waals surface area contributed by atoms with E-state index in [2.05, 4.69) is 49.1 Å². The molecule has 2 nitrogen and oxygen atoms in total. The fourth-order valence-corrected chi connectivity index (χ4v) is 2.41. The summed E-state index contributed by atoms with van der Waals surface area (Å²) >= 11 is 0. The largest absolute Gasteiger partial charge is 0.423 e. The lowest BCUT2D eigenvalue weighted by Gasteiger charge is -2.02. The molecule has 0 saturated carbocycles. The highest BCUT2D eigenvalue weighted by Gasteiger charge is 1.99. The summed E-state index contributed by atoms with van der Waals surface area (Å²) in [7, 11) is 0. The highest BCUT2D eigenvalue weighted by atomic mass is 16.5. The maximum atomic E-state index is 11.2. The third-order valence-electron chi connectivity index (χ3n) is 3.75. The number of carbonyl (C=O) groups excluding carboxylic acids is 1. The lowest BCUT2D eigenvalue weighted by molar-refractivity contribution is -0.128. The Morgan fingerprint density at radius 3 is 1.80 bits per heavy atom. The van der Waals surface area contributed by atoms with Crippen molar-refractivity contribution in [2.24, 2.45) is 0 Å². The molecule has 0 aliphatic rings. The Bertz CT molecular complexity index is 874. The van der Waals surface area contributed by atoms with Gasteiger partial charge in [0.25, 0.3) is 0 Å². The summed E-state index contributed by atoms with van der Waals surface area (Å²) < 4.78 is 5.06. The zero-order chi connectivity index (χ0) is 17.5. The number of ether oxygens (including phenoxy) is 1. The fourth-order valence-electron chi connectivity index (χ4n) is 2.41. The molecule has 0 aromatic heterocycles. The van der Waals surface area contributed by atoms with Gasteiger partial charge >= 0.3 is 5.97 Å². The third kappa shape index (κ3) is 4.55. The van der Waals surface area contributed by atoms with Crippen LogP contribution < -0.4 is 4.74 Å². The van der Waals surface area contributed by atoms with Crippen LogP contribution in [0.25, 0.3) is 23.3 Å². The standard InChI is InChI=1S/C23H18O2/c1-2-23(24)25-22-16-12-19(13-17-22)9-8-18-10-14-21(15-11-18)20-6-4-3-5-7-20/h2-17H,1H2/b9-8+. The Labute approximate surface area is 147 Å². The molecule has 0 heterocycles. The molecular formula is C23H18O2. The summed E-state index contributed by atoms with van der Waals surface area (Å²) in [6.45, 7) is 3.38. The third-order valence-corrected chi connectivity index (χ3v) is 3.75. The van der Waals surface area contributed by atoms with Crippen molar-refractivity contribution in [3.05, 3.63) is 103 Å². The minimum Gasteiger partial charge on any atom is -0.423 e. The van der Waals surface area contributed by atoms with Gasteiger partial charge in [-0.25, -0.2) is 4.79 Å². The minimum absolute atomic E-state index is 0.457. The zero-order valence-corrected chi connectivity index (χ0v) is 13.8. The Morgan fingerprint density at radius 2 is 1.24 bits per heavy atom. The van der Waals surface area contributed by atoms with Gasteiger partial charge < -0.3 is 4.74 Å². The van der Waals surface area contributed by atoms with Crippen molar-refractivity contribution in [1.82, 2.24) is 0 Å². The molecule has 0 aliphatic carbocycles. The first kappa shape index (κ1) is 16.5. The van der Waals surface area contributed by atoms with Crippen molar-refractivity contribution in [3.8, 4) is 16.9 Å². The van der Waals surface area contributed by atoms with Gasteiger partial charge in [-0.15, -0.1) is 0 Å². The van der Waals surface area contributed by atoms with Gasteiger partial charge in [-0.05, 0) is 34.4 Å². The quantitative estimate of drug-likeness (QED) is 0.263. The van der Waals surface area contributed by atoms with Crippen LogP contribution in [0.1, 0.15) is 11.1 Å². The average Bonchev–Trinajstić information content (AvgIpc) is 2.68. The molecule has 3 aromatic rings. The molecule has 25 heavy (non-hydrogen) atoms. The second kappa shape index (κ2) is 7.93. The van der Waals surface area contributed by atoms with Gasteiger partial charge in [0.2, 0.25) is 0 Å². The molecule has 0 spiro atoms. The maximum Gasteiger partial charge on any atom is 0.335 e. The van der Waals surface area contributed by atoms with Crippen LogP contribution in [0.2, 0.25) is 0 Å². The molecule has 0 aliphatic heterocycles. The lowest BCUT2D eigenvalue weighted by Crippen LogP contribution is -2.02. The molecule has 3 rings (SSSR count). The smallest absolute Gasteiger partial charge is 0.335 e. The second-order valence-electron chi connectivity index (χ2n) is 5.52. The maximum absolute atomic E-state index is 11.2. The summed E-state index contributed by atoms with van der Waals surface area (Å²) in [5.41, 5.74) is 4.57. The van der Waals surface area contributed by atoms with Crippen LogP contribution in [0.3, 0.4) is 0 Å². The van der Waals surface area contributed by atoms with E-state index >= 15 is 0 Å². The van der Waals surface area contributed by atoms with Crippen molar-refractivity contribution < 1.29 is 9.53 Å². The van der Waals surface area contributed by atoms with E-state index in [4.69, 9.17) is 4.74 Å². The van der Waals surface area contributed by atoms with Crippen molar-refractivity contribution in [1.29, 1.82) is 0 Å². The molecule has 0 N–H and O–H groups in total. The molecule has 0 bridgehead atoms.